The second-order valence-corrected chi connectivity index (χ2v) is 9.49. The molecule has 6 rings (SSSR count). The number of carbonyl (C=O) groups is 2. The van der Waals surface area contributed by atoms with Crippen LogP contribution in [0.4, 0.5) is 26.0 Å². The van der Waals surface area contributed by atoms with Crippen molar-refractivity contribution in [1.82, 2.24) is 14.9 Å². The van der Waals surface area contributed by atoms with E-state index in [1.165, 1.54) is 17.6 Å². The first-order valence-electron chi connectivity index (χ1n) is 11.3. The lowest BCUT2D eigenvalue weighted by atomic mass is 9.88. The first-order valence-corrected chi connectivity index (χ1v) is 11.3. The fourth-order valence-corrected chi connectivity index (χ4v) is 5.51. The number of nitrogens with zero attached hydrogens (tertiary/aromatic N) is 2. The fraction of sp³-hybridized carbons (Fsp3) is 0.478. The van der Waals surface area contributed by atoms with Gasteiger partial charge in [-0.2, -0.15) is 8.78 Å². The third kappa shape index (κ3) is 2.79. The second kappa shape index (κ2) is 6.61. The fourth-order valence-electron chi connectivity index (χ4n) is 5.51. The van der Waals surface area contributed by atoms with Crippen LogP contribution in [0.2, 0.25) is 0 Å². The highest BCUT2D eigenvalue weighted by atomic mass is 19.3. The summed E-state index contributed by atoms with van der Waals surface area (Å²) in [6.45, 7) is 1.46. The first-order chi connectivity index (χ1) is 15.7. The zero-order chi connectivity index (χ0) is 23.1. The zero-order valence-corrected chi connectivity index (χ0v) is 18.1. The van der Waals surface area contributed by atoms with Crippen LogP contribution in [0, 0.1) is 12.8 Å². The standard InChI is InChI=1S/C23H23F2N5O3/c1-11-16-17(21(33)30-18(11)20(32)29-22(30)7-3-2-4-8-22)27-14-9-15(28-19(31)12-5-6-12)26-10-13(14)23(16,24)25/h9-10,12,27H,2-8H2,1H3,(H,29,32)(H,26,28,31). The van der Waals surface area contributed by atoms with Gasteiger partial charge in [-0.05, 0) is 51.0 Å². The number of fused-ring (bicyclic) bond motifs is 4. The molecule has 2 fully saturated rings. The average molecular weight is 455 g/mol. The van der Waals surface area contributed by atoms with Gasteiger partial charge in [-0.15, -0.1) is 0 Å². The highest BCUT2D eigenvalue weighted by molar-refractivity contribution is 5.98. The summed E-state index contributed by atoms with van der Waals surface area (Å²) in [7, 11) is 0. The van der Waals surface area contributed by atoms with Gasteiger partial charge in [0.1, 0.15) is 22.9 Å². The number of anilines is 3. The normalized spacial score (nSPS) is 21.5. The van der Waals surface area contributed by atoms with Crippen molar-refractivity contribution in [3.05, 3.63) is 45.0 Å². The van der Waals surface area contributed by atoms with Gasteiger partial charge < -0.3 is 16.0 Å². The van der Waals surface area contributed by atoms with Crippen LogP contribution in [0.25, 0.3) is 0 Å². The van der Waals surface area contributed by atoms with E-state index in [0.717, 1.165) is 38.3 Å². The highest BCUT2D eigenvalue weighted by Crippen LogP contribution is 2.50. The Balaban J connectivity index is 1.50. The maximum absolute atomic E-state index is 15.7. The van der Waals surface area contributed by atoms with E-state index in [0.29, 0.717) is 12.8 Å². The maximum Gasteiger partial charge on any atom is 0.304 e. The van der Waals surface area contributed by atoms with Gasteiger partial charge in [0.2, 0.25) is 5.91 Å². The molecular formula is C23H23F2N5O3. The van der Waals surface area contributed by atoms with E-state index in [9.17, 15) is 14.4 Å². The van der Waals surface area contributed by atoms with Crippen LogP contribution in [-0.4, -0.2) is 21.4 Å². The molecule has 2 saturated carbocycles. The van der Waals surface area contributed by atoms with Crippen molar-refractivity contribution in [2.45, 2.75) is 63.5 Å². The molecule has 0 radical (unpaired) electrons. The van der Waals surface area contributed by atoms with E-state index in [1.807, 2.05) is 0 Å². The monoisotopic (exact) mass is 455 g/mol. The van der Waals surface area contributed by atoms with E-state index in [-0.39, 0.29) is 40.3 Å². The molecule has 2 aliphatic heterocycles. The van der Waals surface area contributed by atoms with Gasteiger partial charge in [-0.1, -0.05) is 6.42 Å². The average Bonchev–Trinajstić information content (AvgIpc) is 3.57. The molecule has 2 aromatic heterocycles. The Bertz CT molecular complexity index is 1290. The molecule has 0 aromatic carbocycles. The molecular weight excluding hydrogens is 432 g/mol. The van der Waals surface area contributed by atoms with Gasteiger partial charge in [0.15, 0.2) is 0 Å². The number of hydrogen-bond donors (Lipinski definition) is 3. The second-order valence-electron chi connectivity index (χ2n) is 9.49. The van der Waals surface area contributed by atoms with Crippen molar-refractivity contribution in [3.8, 4) is 0 Å². The number of alkyl halides is 2. The minimum absolute atomic E-state index is 0.00634. The van der Waals surface area contributed by atoms with Crippen LogP contribution >= 0.6 is 0 Å². The Labute approximate surface area is 187 Å². The molecule has 0 atom stereocenters. The van der Waals surface area contributed by atoms with Crippen LogP contribution in [-0.2, 0) is 16.4 Å². The van der Waals surface area contributed by atoms with Gasteiger partial charge in [0.25, 0.3) is 11.5 Å². The smallest absolute Gasteiger partial charge is 0.304 e. The summed E-state index contributed by atoms with van der Waals surface area (Å²) in [5, 5.41) is 8.47. The minimum atomic E-state index is -3.54. The predicted molar refractivity (Wildman–Crippen MR) is 116 cm³/mol. The summed E-state index contributed by atoms with van der Waals surface area (Å²) >= 11 is 0. The zero-order valence-electron chi connectivity index (χ0n) is 18.1. The highest BCUT2D eigenvalue weighted by Gasteiger charge is 2.51. The summed E-state index contributed by atoms with van der Waals surface area (Å²) < 4.78 is 32.9. The van der Waals surface area contributed by atoms with Crippen molar-refractivity contribution in [2.75, 3.05) is 10.6 Å². The van der Waals surface area contributed by atoms with Crippen LogP contribution in [0.5, 0.6) is 0 Å². The Hall–Kier alpha value is -3.30. The van der Waals surface area contributed by atoms with E-state index in [4.69, 9.17) is 0 Å². The lowest BCUT2D eigenvalue weighted by Crippen LogP contribution is -2.49. The quantitative estimate of drug-likeness (QED) is 0.643. The van der Waals surface area contributed by atoms with Gasteiger partial charge in [0.05, 0.1) is 16.8 Å². The van der Waals surface area contributed by atoms with Crippen molar-refractivity contribution in [2.24, 2.45) is 5.92 Å². The molecule has 33 heavy (non-hydrogen) atoms. The molecule has 172 valence electrons. The molecule has 4 aliphatic rings. The number of nitrogens with one attached hydrogen (secondary N) is 3. The molecule has 2 aliphatic carbocycles. The SMILES string of the molecule is Cc1c2c(c(=O)n3c1C(=O)NC31CCCCC1)Nc1cc(NC(=O)C3CC3)ncc1C2(F)F. The summed E-state index contributed by atoms with van der Waals surface area (Å²) in [4.78, 5) is 42.6. The Kier molecular flexibility index (Phi) is 4.07. The molecule has 4 heterocycles. The van der Waals surface area contributed by atoms with E-state index < -0.39 is 34.2 Å². The first kappa shape index (κ1) is 20.3. The topological polar surface area (TPSA) is 105 Å². The maximum atomic E-state index is 15.7. The third-order valence-electron chi connectivity index (χ3n) is 7.31. The molecule has 8 nitrogen and oxygen atoms in total. The van der Waals surface area contributed by atoms with Gasteiger partial charge >= 0.3 is 5.92 Å². The number of hydrogen-bond acceptors (Lipinski definition) is 5. The number of rotatable bonds is 2. The van der Waals surface area contributed by atoms with Crippen LogP contribution in [0.15, 0.2) is 17.1 Å². The van der Waals surface area contributed by atoms with Crippen molar-refractivity contribution < 1.29 is 18.4 Å². The van der Waals surface area contributed by atoms with E-state index in [2.05, 4.69) is 20.9 Å². The summed E-state index contributed by atoms with van der Waals surface area (Å²) in [5.74, 6) is -4.14. The van der Waals surface area contributed by atoms with E-state index >= 15 is 8.78 Å². The van der Waals surface area contributed by atoms with Gasteiger partial charge in [-0.3, -0.25) is 19.0 Å². The van der Waals surface area contributed by atoms with Gasteiger partial charge in [-0.25, -0.2) is 4.98 Å². The number of amides is 2. The van der Waals surface area contributed by atoms with Gasteiger partial charge in [0, 0.05) is 18.2 Å². The Morgan fingerprint density at radius 2 is 1.94 bits per heavy atom. The lowest BCUT2D eigenvalue weighted by molar-refractivity contribution is -0.117. The molecule has 1 spiro atoms. The molecule has 3 N–H and O–H groups in total. The van der Waals surface area contributed by atoms with Crippen molar-refractivity contribution in [1.29, 1.82) is 0 Å². The molecule has 0 bridgehead atoms. The number of aromatic nitrogens is 2. The molecule has 0 saturated heterocycles. The molecule has 10 heteroatoms. The number of pyridine rings is 2. The van der Waals surface area contributed by atoms with E-state index in [1.54, 1.807) is 0 Å². The van der Waals surface area contributed by atoms with Crippen molar-refractivity contribution in [3.63, 3.8) is 0 Å². The number of halogens is 2. The summed E-state index contributed by atoms with van der Waals surface area (Å²) in [5.41, 5.74) is -2.55. The Morgan fingerprint density at radius 3 is 2.64 bits per heavy atom. The molecule has 0 unspecified atom stereocenters. The molecule has 2 aromatic rings. The van der Waals surface area contributed by atoms with Crippen LogP contribution < -0.4 is 21.5 Å². The van der Waals surface area contributed by atoms with Crippen molar-refractivity contribution >= 4 is 29.0 Å². The van der Waals surface area contributed by atoms with Crippen LogP contribution in [0.1, 0.15) is 72.1 Å². The minimum Gasteiger partial charge on any atom is -0.350 e. The predicted octanol–water partition coefficient (Wildman–Crippen LogP) is 3.46. The third-order valence-corrected chi connectivity index (χ3v) is 7.31. The largest absolute Gasteiger partial charge is 0.350 e. The lowest BCUT2D eigenvalue weighted by Gasteiger charge is -2.37. The summed E-state index contributed by atoms with van der Waals surface area (Å²) in [6.07, 6.45) is 6.45. The molecule has 2 amide bonds. The number of carbonyl (C=O) groups excluding carboxylic acids is 2. The van der Waals surface area contributed by atoms with Crippen LogP contribution in [0.3, 0.4) is 0 Å². The Morgan fingerprint density at radius 1 is 1.21 bits per heavy atom. The summed E-state index contributed by atoms with van der Waals surface area (Å²) in [6, 6.07) is 1.33.